The summed E-state index contributed by atoms with van der Waals surface area (Å²) in [5.74, 6) is -0.986. The number of hydrogen-bond donors (Lipinski definition) is 3. The Bertz CT molecular complexity index is 656. The number of carboxylic acid groups (broad SMARTS) is 1. The SMILES string of the molecule is C=CC(C)(C)c1cccc2[nH]cc(CC(N)C(=O)O)c12. The van der Waals surface area contributed by atoms with Crippen molar-refractivity contribution < 1.29 is 9.90 Å². The number of aromatic nitrogens is 1. The molecular weight excluding hydrogens is 252 g/mol. The van der Waals surface area contributed by atoms with Crippen LogP contribution < -0.4 is 5.73 Å². The van der Waals surface area contributed by atoms with E-state index in [1.807, 2.05) is 30.5 Å². The molecule has 4 heteroatoms. The summed E-state index contributed by atoms with van der Waals surface area (Å²) in [5.41, 5.74) is 8.51. The van der Waals surface area contributed by atoms with Crippen LogP contribution in [0, 0.1) is 0 Å². The second kappa shape index (κ2) is 5.13. The third kappa shape index (κ3) is 2.47. The molecule has 0 bridgehead atoms. The lowest BCUT2D eigenvalue weighted by Crippen LogP contribution is -2.32. The average molecular weight is 272 g/mol. The van der Waals surface area contributed by atoms with E-state index in [0.29, 0.717) is 6.42 Å². The fourth-order valence-electron chi connectivity index (χ4n) is 2.39. The van der Waals surface area contributed by atoms with Gasteiger partial charge in [-0.1, -0.05) is 32.1 Å². The minimum Gasteiger partial charge on any atom is -0.480 e. The number of aromatic amines is 1. The number of nitrogens with one attached hydrogen (secondary N) is 1. The number of H-pyrrole nitrogens is 1. The van der Waals surface area contributed by atoms with Crippen molar-refractivity contribution in [3.8, 4) is 0 Å². The molecule has 0 spiro atoms. The molecule has 1 aromatic heterocycles. The van der Waals surface area contributed by atoms with Crippen LogP contribution in [-0.2, 0) is 16.6 Å². The van der Waals surface area contributed by atoms with Crippen molar-refractivity contribution in [2.45, 2.75) is 31.7 Å². The highest BCUT2D eigenvalue weighted by molar-refractivity contribution is 5.88. The fourth-order valence-corrected chi connectivity index (χ4v) is 2.39. The molecule has 1 aromatic carbocycles. The molecule has 1 heterocycles. The third-order valence-electron chi connectivity index (χ3n) is 3.75. The number of benzene rings is 1. The Kier molecular flexibility index (Phi) is 3.68. The number of carboxylic acids is 1. The van der Waals surface area contributed by atoms with Crippen molar-refractivity contribution in [3.63, 3.8) is 0 Å². The molecule has 4 N–H and O–H groups in total. The summed E-state index contributed by atoms with van der Waals surface area (Å²) in [6.07, 6.45) is 4.05. The molecule has 0 saturated carbocycles. The van der Waals surface area contributed by atoms with Crippen LogP contribution in [0.25, 0.3) is 10.9 Å². The van der Waals surface area contributed by atoms with Gasteiger partial charge < -0.3 is 15.8 Å². The van der Waals surface area contributed by atoms with E-state index in [1.54, 1.807) is 0 Å². The zero-order valence-corrected chi connectivity index (χ0v) is 11.8. The van der Waals surface area contributed by atoms with Gasteiger partial charge in [0.2, 0.25) is 0 Å². The monoisotopic (exact) mass is 272 g/mol. The van der Waals surface area contributed by atoms with Crippen molar-refractivity contribution in [2.75, 3.05) is 0 Å². The standard InChI is InChI=1S/C16H20N2O2/c1-4-16(2,3)11-6-5-7-13-14(11)10(9-18-13)8-12(17)15(19)20/h4-7,9,12,18H,1,8,17H2,2-3H3,(H,19,20). The van der Waals surface area contributed by atoms with Gasteiger partial charge in [-0.2, -0.15) is 0 Å². The van der Waals surface area contributed by atoms with Gasteiger partial charge in [0.15, 0.2) is 0 Å². The smallest absolute Gasteiger partial charge is 0.320 e. The molecule has 0 saturated heterocycles. The summed E-state index contributed by atoms with van der Waals surface area (Å²) in [5, 5.41) is 10.0. The number of carbonyl (C=O) groups is 1. The fraction of sp³-hybridized carbons (Fsp3) is 0.312. The van der Waals surface area contributed by atoms with E-state index in [1.165, 1.54) is 0 Å². The van der Waals surface area contributed by atoms with E-state index in [0.717, 1.165) is 22.0 Å². The third-order valence-corrected chi connectivity index (χ3v) is 3.75. The van der Waals surface area contributed by atoms with Gasteiger partial charge in [-0.15, -0.1) is 6.58 Å². The van der Waals surface area contributed by atoms with Crippen molar-refractivity contribution in [3.05, 3.63) is 48.2 Å². The number of hydrogen-bond acceptors (Lipinski definition) is 2. The first-order chi connectivity index (χ1) is 9.36. The van der Waals surface area contributed by atoms with Gasteiger partial charge in [-0.05, 0) is 17.2 Å². The van der Waals surface area contributed by atoms with Gasteiger partial charge in [0.05, 0.1) is 0 Å². The van der Waals surface area contributed by atoms with Crippen LogP contribution >= 0.6 is 0 Å². The molecule has 2 aromatic rings. The lowest BCUT2D eigenvalue weighted by molar-refractivity contribution is -0.138. The van der Waals surface area contributed by atoms with Crippen LogP contribution in [0.3, 0.4) is 0 Å². The molecule has 4 nitrogen and oxygen atoms in total. The van der Waals surface area contributed by atoms with Crippen LogP contribution in [0.2, 0.25) is 0 Å². The minimum atomic E-state index is -0.986. The van der Waals surface area contributed by atoms with Crippen LogP contribution in [0.5, 0.6) is 0 Å². The number of allylic oxidation sites excluding steroid dienone is 1. The molecule has 0 aliphatic heterocycles. The predicted octanol–water partition coefficient (Wildman–Crippen LogP) is 2.59. The normalized spacial score (nSPS) is 13.3. The maximum absolute atomic E-state index is 10.9. The van der Waals surface area contributed by atoms with Crippen LogP contribution in [0.1, 0.15) is 25.0 Å². The zero-order valence-electron chi connectivity index (χ0n) is 11.8. The Balaban J connectivity index is 2.58. The number of rotatable bonds is 5. The van der Waals surface area contributed by atoms with E-state index in [9.17, 15) is 4.79 Å². The van der Waals surface area contributed by atoms with E-state index in [2.05, 4.69) is 25.4 Å². The lowest BCUT2D eigenvalue weighted by atomic mass is 9.81. The molecule has 106 valence electrons. The molecule has 0 aliphatic rings. The predicted molar refractivity (Wildman–Crippen MR) is 80.8 cm³/mol. The molecular formula is C16H20N2O2. The molecule has 0 aliphatic carbocycles. The Morgan fingerprint density at radius 1 is 1.55 bits per heavy atom. The summed E-state index contributed by atoms with van der Waals surface area (Å²) in [4.78, 5) is 14.1. The van der Waals surface area contributed by atoms with Gasteiger partial charge in [-0.3, -0.25) is 4.79 Å². The maximum atomic E-state index is 10.9. The zero-order chi connectivity index (χ0) is 14.9. The molecule has 0 fully saturated rings. The first-order valence-electron chi connectivity index (χ1n) is 6.58. The van der Waals surface area contributed by atoms with Gasteiger partial charge in [0, 0.05) is 28.9 Å². The summed E-state index contributed by atoms with van der Waals surface area (Å²) >= 11 is 0. The molecule has 2 rings (SSSR count). The van der Waals surface area contributed by atoms with E-state index < -0.39 is 12.0 Å². The van der Waals surface area contributed by atoms with Gasteiger partial charge in [-0.25, -0.2) is 0 Å². The Morgan fingerprint density at radius 2 is 2.25 bits per heavy atom. The Hall–Kier alpha value is -2.07. The van der Waals surface area contributed by atoms with Crippen LogP contribution in [0.15, 0.2) is 37.1 Å². The maximum Gasteiger partial charge on any atom is 0.320 e. The van der Waals surface area contributed by atoms with Gasteiger partial charge >= 0.3 is 5.97 Å². The van der Waals surface area contributed by atoms with E-state index in [4.69, 9.17) is 10.8 Å². The topological polar surface area (TPSA) is 79.1 Å². The molecule has 1 unspecified atom stereocenters. The highest BCUT2D eigenvalue weighted by Gasteiger charge is 2.22. The highest BCUT2D eigenvalue weighted by Crippen LogP contribution is 2.33. The minimum absolute atomic E-state index is 0.191. The molecule has 0 amide bonds. The second-order valence-corrected chi connectivity index (χ2v) is 5.62. The summed E-state index contributed by atoms with van der Waals surface area (Å²) in [7, 11) is 0. The number of aliphatic carboxylic acids is 1. The van der Waals surface area contributed by atoms with Gasteiger partial charge in [0.25, 0.3) is 0 Å². The highest BCUT2D eigenvalue weighted by atomic mass is 16.4. The quantitative estimate of drug-likeness (QED) is 0.732. The first-order valence-corrected chi connectivity index (χ1v) is 6.58. The average Bonchev–Trinajstić information content (AvgIpc) is 2.81. The van der Waals surface area contributed by atoms with Crippen molar-refractivity contribution in [1.82, 2.24) is 4.98 Å². The van der Waals surface area contributed by atoms with Crippen LogP contribution in [0.4, 0.5) is 0 Å². The van der Waals surface area contributed by atoms with Crippen molar-refractivity contribution >= 4 is 16.9 Å². The van der Waals surface area contributed by atoms with Crippen molar-refractivity contribution in [1.29, 1.82) is 0 Å². The van der Waals surface area contributed by atoms with E-state index >= 15 is 0 Å². The van der Waals surface area contributed by atoms with Crippen LogP contribution in [-0.4, -0.2) is 22.1 Å². The van der Waals surface area contributed by atoms with E-state index in [-0.39, 0.29) is 5.41 Å². The summed E-state index contributed by atoms with van der Waals surface area (Å²) in [6.45, 7) is 8.06. The first kappa shape index (κ1) is 14.3. The number of nitrogens with two attached hydrogens (primary N) is 1. The Labute approximate surface area is 118 Å². The molecule has 1 atom stereocenters. The summed E-state index contributed by atoms with van der Waals surface area (Å²) in [6, 6.07) is 5.12. The van der Waals surface area contributed by atoms with Crippen molar-refractivity contribution in [2.24, 2.45) is 5.73 Å². The molecule has 0 radical (unpaired) electrons. The largest absolute Gasteiger partial charge is 0.480 e. The number of fused-ring (bicyclic) bond motifs is 1. The summed E-state index contributed by atoms with van der Waals surface area (Å²) < 4.78 is 0. The Morgan fingerprint density at radius 3 is 2.85 bits per heavy atom. The van der Waals surface area contributed by atoms with Gasteiger partial charge in [0.1, 0.15) is 6.04 Å². The molecule has 20 heavy (non-hydrogen) atoms. The second-order valence-electron chi connectivity index (χ2n) is 5.62. The lowest BCUT2D eigenvalue weighted by Gasteiger charge is -2.22.